The molecule has 0 saturated heterocycles. The molecule has 7 heteroatoms. The van der Waals surface area contributed by atoms with Crippen molar-refractivity contribution in [2.24, 2.45) is 0 Å². The van der Waals surface area contributed by atoms with Crippen molar-refractivity contribution in [3.63, 3.8) is 0 Å². The molecule has 0 bridgehead atoms. The van der Waals surface area contributed by atoms with Crippen molar-refractivity contribution in [3.05, 3.63) is 54.1 Å². The summed E-state index contributed by atoms with van der Waals surface area (Å²) in [5.41, 5.74) is 1.74. The van der Waals surface area contributed by atoms with E-state index in [-0.39, 0.29) is 5.91 Å². The molecule has 0 unspecified atom stereocenters. The summed E-state index contributed by atoms with van der Waals surface area (Å²) in [6.45, 7) is 1.37. The molecule has 2 aromatic carbocycles. The van der Waals surface area contributed by atoms with E-state index in [0.717, 1.165) is 0 Å². The van der Waals surface area contributed by atoms with Crippen LogP contribution in [0.3, 0.4) is 0 Å². The molecule has 2 rings (SSSR count). The van der Waals surface area contributed by atoms with Gasteiger partial charge in [-0.05, 0) is 42.5 Å². The van der Waals surface area contributed by atoms with Gasteiger partial charge in [0, 0.05) is 24.0 Å². The Bertz CT molecular complexity index is 822. The van der Waals surface area contributed by atoms with Crippen molar-refractivity contribution in [2.75, 3.05) is 16.0 Å². The highest BCUT2D eigenvalue weighted by molar-refractivity contribution is 6.43. The number of rotatable bonds is 3. The van der Waals surface area contributed by atoms with Gasteiger partial charge in [0.1, 0.15) is 0 Å². The van der Waals surface area contributed by atoms with Gasteiger partial charge in [-0.25, -0.2) is 0 Å². The Hall–Kier alpha value is -3.66. The summed E-state index contributed by atoms with van der Waals surface area (Å²) in [6, 6.07) is 14.5. The Balaban J connectivity index is 1.99. The topological polar surface area (TPSA) is 111 Å². The summed E-state index contributed by atoms with van der Waals surface area (Å²) in [5, 5.41) is 16.2. The van der Waals surface area contributed by atoms with Crippen LogP contribution in [0.25, 0.3) is 0 Å². The molecule has 0 atom stereocenters. The molecule has 0 aliphatic carbocycles. The predicted molar refractivity (Wildman–Crippen MR) is 89.2 cm³/mol. The van der Waals surface area contributed by atoms with Crippen LogP contribution >= 0.6 is 0 Å². The highest BCUT2D eigenvalue weighted by Gasteiger charge is 2.14. The fourth-order valence-electron chi connectivity index (χ4n) is 1.88. The lowest BCUT2D eigenvalue weighted by atomic mass is 10.2. The second-order valence-electron chi connectivity index (χ2n) is 4.86. The Kier molecular flexibility index (Phi) is 5.26. The van der Waals surface area contributed by atoms with E-state index in [4.69, 9.17) is 5.26 Å². The number of nitrogens with one attached hydrogen (secondary N) is 3. The first-order valence-electron chi connectivity index (χ1n) is 6.98. The summed E-state index contributed by atoms with van der Waals surface area (Å²) in [4.78, 5) is 34.8. The number of anilines is 3. The number of hydrogen-bond acceptors (Lipinski definition) is 4. The standard InChI is InChI=1S/C17H14N4O3/c1-11(22)19-14-3-2-4-15(9-14)21-17(24)16(23)20-13-7-5-12(10-18)6-8-13/h2-9H,1H3,(H,19,22)(H,20,23)(H,21,24). The normalized spacial score (nSPS) is 9.50. The van der Waals surface area contributed by atoms with Gasteiger partial charge >= 0.3 is 11.8 Å². The molecule has 0 spiro atoms. The van der Waals surface area contributed by atoms with Crippen LogP contribution in [0.2, 0.25) is 0 Å². The third kappa shape index (κ3) is 4.68. The number of nitrogens with zero attached hydrogens (tertiary/aromatic N) is 1. The van der Waals surface area contributed by atoms with Crippen LogP contribution < -0.4 is 16.0 Å². The maximum atomic E-state index is 11.9. The van der Waals surface area contributed by atoms with E-state index in [1.54, 1.807) is 18.2 Å². The summed E-state index contributed by atoms with van der Waals surface area (Å²) in [5.74, 6) is -1.93. The van der Waals surface area contributed by atoms with Gasteiger partial charge in [0.15, 0.2) is 0 Å². The average molecular weight is 322 g/mol. The number of amides is 3. The fraction of sp³-hybridized carbons (Fsp3) is 0.0588. The SMILES string of the molecule is CC(=O)Nc1cccc(NC(=O)C(=O)Nc2ccc(C#N)cc2)c1. The minimum absolute atomic E-state index is 0.239. The number of carbonyl (C=O) groups excluding carboxylic acids is 3. The molecule has 120 valence electrons. The van der Waals surface area contributed by atoms with E-state index in [2.05, 4.69) is 16.0 Å². The van der Waals surface area contributed by atoms with Crippen molar-refractivity contribution in [3.8, 4) is 6.07 Å². The molecule has 0 fully saturated rings. The van der Waals surface area contributed by atoms with E-state index >= 15 is 0 Å². The van der Waals surface area contributed by atoms with Gasteiger partial charge in [-0.2, -0.15) is 5.26 Å². The minimum Gasteiger partial charge on any atom is -0.326 e. The molecule has 2 aromatic rings. The van der Waals surface area contributed by atoms with Gasteiger partial charge < -0.3 is 16.0 Å². The zero-order valence-corrected chi connectivity index (χ0v) is 12.8. The first-order valence-corrected chi connectivity index (χ1v) is 6.98. The monoisotopic (exact) mass is 322 g/mol. The maximum Gasteiger partial charge on any atom is 0.314 e. The van der Waals surface area contributed by atoms with Gasteiger partial charge in [-0.15, -0.1) is 0 Å². The molecular formula is C17H14N4O3. The molecule has 0 heterocycles. The van der Waals surface area contributed by atoms with Crippen molar-refractivity contribution < 1.29 is 14.4 Å². The summed E-state index contributed by atoms with van der Waals surface area (Å²) >= 11 is 0. The molecule has 0 aromatic heterocycles. The van der Waals surface area contributed by atoms with Crippen LogP contribution in [0.5, 0.6) is 0 Å². The van der Waals surface area contributed by atoms with Crippen LogP contribution in [0, 0.1) is 11.3 Å². The smallest absolute Gasteiger partial charge is 0.314 e. The lowest BCUT2D eigenvalue weighted by Crippen LogP contribution is -2.29. The molecule has 0 saturated carbocycles. The molecule has 0 radical (unpaired) electrons. The van der Waals surface area contributed by atoms with Gasteiger partial charge in [0.25, 0.3) is 0 Å². The lowest BCUT2D eigenvalue weighted by Gasteiger charge is -2.08. The Morgan fingerprint density at radius 3 is 1.92 bits per heavy atom. The Morgan fingerprint density at radius 1 is 0.833 bits per heavy atom. The second-order valence-corrected chi connectivity index (χ2v) is 4.86. The van der Waals surface area contributed by atoms with Crippen LogP contribution in [0.4, 0.5) is 17.1 Å². The van der Waals surface area contributed by atoms with Crippen LogP contribution in [-0.2, 0) is 14.4 Å². The number of carbonyl (C=O) groups is 3. The molecule has 7 nitrogen and oxygen atoms in total. The van der Waals surface area contributed by atoms with Crippen LogP contribution in [0.1, 0.15) is 12.5 Å². The quantitative estimate of drug-likeness (QED) is 0.751. The highest BCUT2D eigenvalue weighted by Crippen LogP contribution is 2.15. The zero-order valence-electron chi connectivity index (χ0n) is 12.8. The lowest BCUT2D eigenvalue weighted by molar-refractivity contribution is -0.132. The maximum absolute atomic E-state index is 11.9. The number of hydrogen-bond donors (Lipinski definition) is 3. The van der Waals surface area contributed by atoms with E-state index in [1.165, 1.54) is 37.3 Å². The summed E-state index contributed by atoms with van der Waals surface area (Å²) in [6.07, 6.45) is 0. The van der Waals surface area contributed by atoms with Gasteiger partial charge in [0.05, 0.1) is 11.6 Å². The van der Waals surface area contributed by atoms with Crippen molar-refractivity contribution in [1.29, 1.82) is 5.26 Å². The molecule has 0 aliphatic rings. The van der Waals surface area contributed by atoms with Crippen molar-refractivity contribution in [2.45, 2.75) is 6.92 Å². The highest BCUT2D eigenvalue weighted by atomic mass is 16.2. The van der Waals surface area contributed by atoms with Crippen molar-refractivity contribution >= 4 is 34.8 Å². The van der Waals surface area contributed by atoms with E-state index in [1.807, 2.05) is 6.07 Å². The fourth-order valence-corrected chi connectivity index (χ4v) is 1.88. The minimum atomic E-state index is -0.848. The van der Waals surface area contributed by atoms with E-state index < -0.39 is 11.8 Å². The zero-order chi connectivity index (χ0) is 17.5. The van der Waals surface area contributed by atoms with Crippen LogP contribution in [-0.4, -0.2) is 17.7 Å². The van der Waals surface area contributed by atoms with Gasteiger partial charge in [0.2, 0.25) is 5.91 Å². The molecule has 24 heavy (non-hydrogen) atoms. The van der Waals surface area contributed by atoms with E-state index in [0.29, 0.717) is 22.6 Å². The first kappa shape index (κ1) is 16.7. The molecular weight excluding hydrogens is 308 g/mol. The second kappa shape index (κ2) is 7.56. The molecule has 3 amide bonds. The Morgan fingerprint density at radius 2 is 1.38 bits per heavy atom. The predicted octanol–water partition coefficient (Wildman–Crippen LogP) is 2.09. The Labute approximate surface area is 138 Å². The van der Waals surface area contributed by atoms with Crippen molar-refractivity contribution in [1.82, 2.24) is 0 Å². The third-order valence-electron chi connectivity index (χ3n) is 2.92. The largest absolute Gasteiger partial charge is 0.326 e. The molecule has 3 N–H and O–H groups in total. The molecule has 0 aliphatic heterocycles. The third-order valence-corrected chi connectivity index (χ3v) is 2.92. The summed E-state index contributed by atoms with van der Waals surface area (Å²) in [7, 11) is 0. The van der Waals surface area contributed by atoms with Crippen LogP contribution in [0.15, 0.2) is 48.5 Å². The first-order chi connectivity index (χ1) is 11.5. The average Bonchev–Trinajstić information content (AvgIpc) is 2.55. The summed E-state index contributed by atoms with van der Waals surface area (Å²) < 4.78 is 0. The number of nitriles is 1. The van der Waals surface area contributed by atoms with E-state index in [9.17, 15) is 14.4 Å². The number of benzene rings is 2. The van der Waals surface area contributed by atoms with Gasteiger partial charge in [-0.1, -0.05) is 6.07 Å². The van der Waals surface area contributed by atoms with Gasteiger partial charge in [-0.3, -0.25) is 14.4 Å².